The SMILES string of the molecule is O=C(NCCN1CCN(C(=O)NC(C(=O)N[C@H]2Cc3ccc(F)c(C(=O)O)c3OB2O)c2ccc(P(=O)(O)O)cc2)C1=O)Nc1ccc(O)c(O)c1Cl. The fourth-order valence-electron chi connectivity index (χ4n) is 5.49. The van der Waals surface area contributed by atoms with Crippen LogP contribution in [-0.2, 0) is 15.8 Å². The molecule has 0 aliphatic carbocycles. The molecular weight excluding hydrogens is 749 g/mol. The third-order valence-corrected chi connectivity index (χ3v) is 9.55. The summed E-state index contributed by atoms with van der Waals surface area (Å²) >= 11 is 5.91. The van der Waals surface area contributed by atoms with Crippen LogP contribution in [0.15, 0.2) is 48.5 Å². The van der Waals surface area contributed by atoms with Crippen LogP contribution in [0.25, 0.3) is 0 Å². The van der Waals surface area contributed by atoms with Crippen LogP contribution in [0.4, 0.5) is 24.5 Å². The van der Waals surface area contributed by atoms with Crippen LogP contribution in [0.1, 0.15) is 27.5 Å². The molecule has 0 aromatic heterocycles. The van der Waals surface area contributed by atoms with Gasteiger partial charge in [-0.3, -0.25) is 9.36 Å². The minimum atomic E-state index is -4.69. The van der Waals surface area contributed by atoms with E-state index in [9.17, 15) is 63.1 Å². The molecule has 10 N–H and O–H groups in total. The van der Waals surface area contributed by atoms with Gasteiger partial charge >= 0.3 is 38.8 Å². The van der Waals surface area contributed by atoms with E-state index in [1.54, 1.807) is 0 Å². The van der Waals surface area contributed by atoms with Gasteiger partial charge in [-0.05, 0) is 47.9 Å². The van der Waals surface area contributed by atoms with E-state index >= 15 is 0 Å². The molecule has 19 nitrogen and oxygen atoms in total. The Morgan fingerprint density at radius 3 is 2.42 bits per heavy atom. The van der Waals surface area contributed by atoms with Crippen LogP contribution in [0.2, 0.25) is 5.02 Å². The number of rotatable bonds is 10. The summed E-state index contributed by atoms with van der Waals surface area (Å²) in [5.74, 6) is -6.54. The van der Waals surface area contributed by atoms with Gasteiger partial charge < -0.3 is 61.0 Å². The zero-order chi connectivity index (χ0) is 38.8. The first-order chi connectivity index (χ1) is 25.0. The number of anilines is 1. The highest BCUT2D eigenvalue weighted by Gasteiger charge is 2.41. The summed E-state index contributed by atoms with van der Waals surface area (Å²) < 4.78 is 31.2. The number of phenolic OH excluding ortho intramolecular Hbond substituents is 2. The van der Waals surface area contributed by atoms with Crippen LogP contribution >= 0.6 is 19.2 Å². The molecule has 23 heteroatoms. The number of nitrogens with one attached hydrogen (secondary N) is 4. The van der Waals surface area contributed by atoms with Gasteiger partial charge in [0.1, 0.15) is 28.2 Å². The smallest absolute Gasteiger partial charge is 0.534 e. The molecule has 0 radical (unpaired) electrons. The number of carboxylic acid groups (broad SMARTS) is 1. The molecule has 3 aromatic rings. The van der Waals surface area contributed by atoms with E-state index in [-0.39, 0.29) is 54.4 Å². The van der Waals surface area contributed by atoms with E-state index in [2.05, 4.69) is 21.3 Å². The second kappa shape index (κ2) is 15.6. The molecule has 1 fully saturated rings. The Morgan fingerprint density at radius 1 is 1.06 bits per heavy atom. The summed E-state index contributed by atoms with van der Waals surface area (Å²) in [5, 5.41) is 48.3. The maximum atomic E-state index is 14.2. The van der Waals surface area contributed by atoms with Crippen LogP contribution in [-0.4, -0.2) is 109 Å². The first kappa shape index (κ1) is 38.6. The lowest BCUT2D eigenvalue weighted by Crippen LogP contribution is -2.56. The number of halogens is 2. The maximum absolute atomic E-state index is 14.2. The van der Waals surface area contributed by atoms with Gasteiger partial charge in [0.15, 0.2) is 11.5 Å². The Bertz CT molecular complexity index is 2020. The van der Waals surface area contributed by atoms with Crippen molar-refractivity contribution in [2.45, 2.75) is 18.4 Å². The van der Waals surface area contributed by atoms with Crippen molar-refractivity contribution in [2.24, 2.45) is 0 Å². The van der Waals surface area contributed by atoms with Gasteiger partial charge in [-0.15, -0.1) is 0 Å². The van der Waals surface area contributed by atoms with Gasteiger partial charge in [-0.1, -0.05) is 29.8 Å². The molecule has 0 saturated carbocycles. The molecule has 2 aliphatic heterocycles. The molecule has 280 valence electrons. The average Bonchev–Trinajstić information content (AvgIpc) is 3.47. The van der Waals surface area contributed by atoms with E-state index < -0.39 is 90.6 Å². The Labute approximate surface area is 303 Å². The molecule has 5 rings (SSSR count). The highest BCUT2D eigenvalue weighted by Crippen LogP contribution is 2.38. The standard InChI is InChI=1S/C30H30BClFN6O13P/c32-22-18(7-8-19(40)24(22)41)35-28(45)34-9-10-38-11-12-39(30(38)47)29(46)37-23(14-1-4-16(5-2-14)53(49,50)51)26(42)36-20-13-15-3-6-17(33)21(27(43)44)25(15)52-31(20)48/h1-8,20,23,40-41,48H,9-13H2,(H,36,42)(H,37,46)(H,43,44)(H2,34,35,45)(H2,49,50,51)/t20-,23?/m0/s1. The zero-order valence-corrected chi connectivity index (χ0v) is 28.7. The lowest BCUT2D eigenvalue weighted by molar-refractivity contribution is -0.123. The number of carbonyl (C=O) groups excluding carboxylic acids is 4. The fraction of sp³-hybridized carbons (Fsp3) is 0.233. The summed E-state index contributed by atoms with van der Waals surface area (Å²) in [6.45, 7) is -0.266. The summed E-state index contributed by atoms with van der Waals surface area (Å²) in [6, 6.07) is 4.62. The number of hydrogen-bond acceptors (Lipinski definition) is 10. The first-order valence-corrected chi connectivity index (χ1v) is 17.4. The second-order valence-electron chi connectivity index (χ2n) is 11.7. The van der Waals surface area contributed by atoms with E-state index in [0.717, 1.165) is 41.3 Å². The Hall–Kier alpha value is -5.60. The van der Waals surface area contributed by atoms with Crippen LogP contribution in [0, 0.1) is 5.82 Å². The molecule has 3 aromatic carbocycles. The maximum Gasteiger partial charge on any atom is 0.547 e. The number of carbonyl (C=O) groups is 5. The number of carboxylic acids is 1. The lowest BCUT2D eigenvalue weighted by atomic mass is 9.72. The molecule has 1 saturated heterocycles. The third kappa shape index (κ3) is 8.56. The van der Waals surface area contributed by atoms with Crippen molar-refractivity contribution in [1.82, 2.24) is 25.8 Å². The van der Waals surface area contributed by atoms with Gasteiger partial charge in [0.05, 0.1) is 16.9 Å². The minimum Gasteiger partial charge on any atom is -0.534 e. The van der Waals surface area contributed by atoms with Crippen molar-refractivity contribution in [3.63, 3.8) is 0 Å². The van der Waals surface area contributed by atoms with Gasteiger partial charge in [0, 0.05) is 26.2 Å². The predicted octanol–water partition coefficient (Wildman–Crippen LogP) is 0.841. The monoisotopic (exact) mass is 778 g/mol. The number of amides is 7. The topological polar surface area (TPSA) is 288 Å². The number of phenols is 2. The average molecular weight is 779 g/mol. The molecule has 2 aliphatic rings. The van der Waals surface area contributed by atoms with Gasteiger partial charge in [0.25, 0.3) is 0 Å². The number of nitrogens with zero attached hydrogens (tertiary/aromatic N) is 2. The summed E-state index contributed by atoms with van der Waals surface area (Å²) in [7, 11) is -6.56. The summed E-state index contributed by atoms with van der Waals surface area (Å²) in [6.07, 6.45) is -0.226. The minimum absolute atomic E-state index is 0.00687. The van der Waals surface area contributed by atoms with Gasteiger partial charge in [-0.2, -0.15) is 0 Å². The van der Waals surface area contributed by atoms with Crippen molar-refractivity contribution < 1.29 is 67.7 Å². The van der Waals surface area contributed by atoms with E-state index in [1.807, 2.05) is 0 Å². The first-order valence-electron chi connectivity index (χ1n) is 15.4. The van der Waals surface area contributed by atoms with Crippen molar-refractivity contribution in [3.05, 3.63) is 76.1 Å². The van der Waals surface area contributed by atoms with Crippen molar-refractivity contribution in [1.29, 1.82) is 0 Å². The summed E-state index contributed by atoms with van der Waals surface area (Å²) in [4.78, 5) is 85.2. The van der Waals surface area contributed by atoms with E-state index in [4.69, 9.17) is 16.3 Å². The molecule has 53 heavy (non-hydrogen) atoms. The molecule has 0 bridgehead atoms. The molecular formula is C30H30BClFN6O13P. The number of urea groups is 3. The van der Waals surface area contributed by atoms with E-state index in [0.29, 0.717) is 0 Å². The van der Waals surface area contributed by atoms with Crippen molar-refractivity contribution in [2.75, 3.05) is 31.5 Å². The van der Waals surface area contributed by atoms with Crippen LogP contribution < -0.4 is 31.2 Å². The van der Waals surface area contributed by atoms with Crippen molar-refractivity contribution >= 4 is 67.3 Å². The van der Waals surface area contributed by atoms with Crippen LogP contribution in [0.3, 0.4) is 0 Å². The zero-order valence-electron chi connectivity index (χ0n) is 27.0. The third-order valence-electron chi connectivity index (χ3n) is 8.20. The summed E-state index contributed by atoms with van der Waals surface area (Å²) in [5.41, 5.74) is -0.669. The second-order valence-corrected chi connectivity index (χ2v) is 13.6. The number of benzene rings is 3. The largest absolute Gasteiger partial charge is 0.547 e. The number of aromatic carboxylic acids is 1. The van der Waals surface area contributed by atoms with Crippen LogP contribution in [0.5, 0.6) is 17.2 Å². The Balaban J connectivity index is 1.25. The number of hydrogen-bond donors (Lipinski definition) is 10. The lowest BCUT2D eigenvalue weighted by Gasteiger charge is -2.30. The Morgan fingerprint density at radius 2 is 1.75 bits per heavy atom. The fourth-order valence-corrected chi connectivity index (χ4v) is 6.23. The predicted molar refractivity (Wildman–Crippen MR) is 182 cm³/mol. The van der Waals surface area contributed by atoms with Gasteiger partial charge in [0.2, 0.25) is 5.91 Å². The Kier molecular flexibility index (Phi) is 11.3. The molecule has 7 amide bonds. The van der Waals surface area contributed by atoms with Crippen molar-refractivity contribution in [3.8, 4) is 17.2 Å². The quantitative estimate of drug-likeness (QED) is 0.0592. The molecule has 0 spiro atoms. The van der Waals surface area contributed by atoms with Gasteiger partial charge in [-0.25, -0.2) is 28.5 Å². The molecule has 2 heterocycles. The van der Waals surface area contributed by atoms with E-state index in [1.165, 1.54) is 17.0 Å². The molecule has 2 atom stereocenters. The molecule has 1 unspecified atom stereocenters. The highest BCUT2D eigenvalue weighted by atomic mass is 35.5. The number of fused-ring (bicyclic) bond motifs is 1. The number of aromatic hydroxyl groups is 2. The number of imide groups is 1. The normalized spacial score (nSPS) is 16.0. The highest BCUT2D eigenvalue weighted by molar-refractivity contribution is 7.60.